The van der Waals surface area contributed by atoms with Gasteiger partial charge in [-0.05, 0) is 37.6 Å². The highest BCUT2D eigenvalue weighted by Gasteiger charge is 2.28. The Labute approximate surface area is 95.5 Å². The van der Waals surface area contributed by atoms with E-state index in [0.717, 1.165) is 32.4 Å². The summed E-state index contributed by atoms with van der Waals surface area (Å²) in [5.74, 6) is 1.11. The smallest absolute Gasteiger partial charge is 0.0776 e. The molecule has 0 aromatic rings. The van der Waals surface area contributed by atoms with Gasteiger partial charge in [0.1, 0.15) is 0 Å². The van der Waals surface area contributed by atoms with E-state index in [1.54, 1.807) is 0 Å². The largest absolute Gasteiger partial charge is 0.389 e. The number of hydrogen-bond acceptors (Lipinski definition) is 2. The van der Waals surface area contributed by atoms with Gasteiger partial charge in [0.05, 0.1) is 5.60 Å². The van der Waals surface area contributed by atoms with E-state index in [1.807, 2.05) is 0 Å². The molecule has 2 heteroatoms. The van der Waals surface area contributed by atoms with Gasteiger partial charge >= 0.3 is 0 Å². The fraction of sp³-hybridized carbons (Fsp3) is 1.00. The van der Waals surface area contributed by atoms with Gasteiger partial charge in [-0.1, -0.05) is 34.6 Å². The molecule has 0 aromatic carbocycles. The van der Waals surface area contributed by atoms with Gasteiger partial charge in [-0.3, -0.25) is 0 Å². The van der Waals surface area contributed by atoms with Crippen LogP contribution in [0.25, 0.3) is 0 Å². The van der Waals surface area contributed by atoms with Crippen LogP contribution in [0.5, 0.6) is 0 Å². The SMILES string of the molecule is CCCNCC(O)(CC(C)C)CC(C)C. The van der Waals surface area contributed by atoms with Crippen LogP contribution in [-0.4, -0.2) is 23.8 Å². The maximum atomic E-state index is 10.5. The van der Waals surface area contributed by atoms with Gasteiger partial charge < -0.3 is 10.4 Å². The minimum Gasteiger partial charge on any atom is -0.389 e. The van der Waals surface area contributed by atoms with Crippen molar-refractivity contribution in [3.8, 4) is 0 Å². The molecule has 0 radical (unpaired) electrons. The van der Waals surface area contributed by atoms with Crippen LogP contribution in [-0.2, 0) is 0 Å². The molecule has 0 atom stereocenters. The number of rotatable bonds is 8. The van der Waals surface area contributed by atoms with E-state index in [9.17, 15) is 5.11 Å². The number of nitrogens with one attached hydrogen (secondary N) is 1. The minimum absolute atomic E-state index is 0.516. The Hall–Kier alpha value is -0.0800. The van der Waals surface area contributed by atoms with Crippen LogP contribution in [0, 0.1) is 11.8 Å². The average Bonchev–Trinajstić information content (AvgIpc) is 2.00. The molecule has 0 saturated carbocycles. The van der Waals surface area contributed by atoms with Crippen molar-refractivity contribution in [1.29, 1.82) is 0 Å². The third-order valence-electron chi connectivity index (χ3n) is 2.46. The summed E-state index contributed by atoms with van der Waals surface area (Å²) in [6, 6.07) is 0. The summed E-state index contributed by atoms with van der Waals surface area (Å²) in [5.41, 5.74) is -0.516. The Morgan fingerprint density at radius 1 is 1.07 bits per heavy atom. The molecule has 15 heavy (non-hydrogen) atoms. The highest BCUT2D eigenvalue weighted by atomic mass is 16.3. The molecule has 92 valence electrons. The topological polar surface area (TPSA) is 32.3 Å². The summed E-state index contributed by atoms with van der Waals surface area (Å²) in [6.07, 6.45) is 2.91. The quantitative estimate of drug-likeness (QED) is 0.610. The molecule has 0 aliphatic rings. The maximum absolute atomic E-state index is 10.5. The molecule has 2 N–H and O–H groups in total. The lowest BCUT2D eigenvalue weighted by Crippen LogP contribution is -2.43. The zero-order chi connectivity index (χ0) is 11.9. The molecule has 2 nitrogen and oxygen atoms in total. The molecule has 0 unspecified atom stereocenters. The predicted molar refractivity (Wildman–Crippen MR) is 67.0 cm³/mol. The van der Waals surface area contributed by atoms with E-state index in [4.69, 9.17) is 0 Å². The van der Waals surface area contributed by atoms with Crippen molar-refractivity contribution in [3.05, 3.63) is 0 Å². The molecular weight excluding hydrogens is 186 g/mol. The third kappa shape index (κ3) is 7.80. The van der Waals surface area contributed by atoms with Gasteiger partial charge in [-0.25, -0.2) is 0 Å². The first kappa shape index (κ1) is 14.9. The highest BCUT2D eigenvalue weighted by molar-refractivity contribution is 4.83. The fourth-order valence-electron chi connectivity index (χ4n) is 2.25. The number of hydrogen-bond donors (Lipinski definition) is 2. The van der Waals surface area contributed by atoms with Crippen molar-refractivity contribution in [1.82, 2.24) is 5.32 Å². The predicted octanol–water partition coefficient (Wildman–Crippen LogP) is 2.81. The van der Waals surface area contributed by atoms with Gasteiger partial charge in [0.2, 0.25) is 0 Å². The lowest BCUT2D eigenvalue weighted by Gasteiger charge is -2.32. The Kier molecular flexibility index (Phi) is 7.20. The molecule has 0 aromatic heterocycles. The van der Waals surface area contributed by atoms with Gasteiger partial charge in [0.15, 0.2) is 0 Å². The molecular formula is C13H29NO. The van der Waals surface area contributed by atoms with Gasteiger partial charge in [0.25, 0.3) is 0 Å². The molecule has 0 bridgehead atoms. The number of aliphatic hydroxyl groups is 1. The monoisotopic (exact) mass is 215 g/mol. The third-order valence-corrected chi connectivity index (χ3v) is 2.46. The molecule has 0 saturated heterocycles. The van der Waals surface area contributed by atoms with E-state index >= 15 is 0 Å². The van der Waals surface area contributed by atoms with Crippen molar-refractivity contribution >= 4 is 0 Å². The molecule has 0 aliphatic heterocycles. The van der Waals surface area contributed by atoms with Crippen LogP contribution in [0.15, 0.2) is 0 Å². The molecule has 0 spiro atoms. The van der Waals surface area contributed by atoms with Gasteiger partial charge in [0, 0.05) is 6.54 Å². The van der Waals surface area contributed by atoms with Crippen molar-refractivity contribution < 1.29 is 5.11 Å². The summed E-state index contributed by atoms with van der Waals surface area (Å²) >= 11 is 0. The normalized spacial score (nSPS) is 12.8. The van der Waals surface area contributed by atoms with E-state index in [1.165, 1.54) is 0 Å². The summed E-state index contributed by atoms with van der Waals surface area (Å²) in [4.78, 5) is 0. The Bertz CT molecular complexity index is 145. The lowest BCUT2D eigenvalue weighted by molar-refractivity contribution is 0.00143. The summed E-state index contributed by atoms with van der Waals surface area (Å²) < 4.78 is 0. The van der Waals surface area contributed by atoms with E-state index in [2.05, 4.69) is 39.9 Å². The first-order chi connectivity index (χ1) is 6.89. The second-order valence-electron chi connectivity index (χ2n) is 5.60. The zero-order valence-corrected chi connectivity index (χ0v) is 11.1. The van der Waals surface area contributed by atoms with Crippen molar-refractivity contribution in [2.75, 3.05) is 13.1 Å². The second-order valence-corrected chi connectivity index (χ2v) is 5.60. The van der Waals surface area contributed by atoms with Crippen molar-refractivity contribution in [2.45, 2.75) is 59.5 Å². The minimum atomic E-state index is -0.516. The highest BCUT2D eigenvalue weighted by Crippen LogP contribution is 2.24. The van der Waals surface area contributed by atoms with Crippen LogP contribution >= 0.6 is 0 Å². The zero-order valence-electron chi connectivity index (χ0n) is 11.1. The molecule has 0 heterocycles. The van der Waals surface area contributed by atoms with Crippen LogP contribution < -0.4 is 5.32 Å². The van der Waals surface area contributed by atoms with Crippen molar-refractivity contribution in [3.63, 3.8) is 0 Å². The summed E-state index contributed by atoms with van der Waals surface area (Å²) in [6.45, 7) is 12.6. The van der Waals surface area contributed by atoms with E-state index in [-0.39, 0.29) is 0 Å². The molecule has 0 aliphatic carbocycles. The molecule has 0 rings (SSSR count). The first-order valence-electron chi connectivity index (χ1n) is 6.32. The van der Waals surface area contributed by atoms with Crippen LogP contribution in [0.1, 0.15) is 53.9 Å². The fourth-order valence-corrected chi connectivity index (χ4v) is 2.25. The Balaban J connectivity index is 4.14. The standard InChI is InChI=1S/C13H29NO/c1-6-7-14-10-13(15,8-11(2)3)9-12(4)5/h11-12,14-15H,6-10H2,1-5H3. The maximum Gasteiger partial charge on any atom is 0.0776 e. The summed E-state index contributed by atoms with van der Waals surface area (Å²) in [5, 5.41) is 13.9. The van der Waals surface area contributed by atoms with Crippen LogP contribution in [0.3, 0.4) is 0 Å². The Morgan fingerprint density at radius 2 is 1.53 bits per heavy atom. The first-order valence-corrected chi connectivity index (χ1v) is 6.32. The Morgan fingerprint density at radius 3 is 1.87 bits per heavy atom. The molecule has 0 fully saturated rings. The van der Waals surface area contributed by atoms with Crippen LogP contribution in [0.4, 0.5) is 0 Å². The van der Waals surface area contributed by atoms with Gasteiger partial charge in [-0.2, -0.15) is 0 Å². The van der Waals surface area contributed by atoms with Crippen molar-refractivity contribution in [2.24, 2.45) is 11.8 Å². The molecule has 0 amide bonds. The average molecular weight is 215 g/mol. The van der Waals surface area contributed by atoms with E-state index < -0.39 is 5.60 Å². The van der Waals surface area contributed by atoms with Crippen LogP contribution in [0.2, 0.25) is 0 Å². The second kappa shape index (κ2) is 7.24. The lowest BCUT2D eigenvalue weighted by atomic mass is 9.85. The van der Waals surface area contributed by atoms with Gasteiger partial charge in [-0.15, -0.1) is 0 Å². The summed E-state index contributed by atoms with van der Waals surface area (Å²) in [7, 11) is 0. The van der Waals surface area contributed by atoms with E-state index in [0.29, 0.717) is 11.8 Å².